The number of nitriles is 1. The summed E-state index contributed by atoms with van der Waals surface area (Å²) in [5.74, 6) is -0.216. The van der Waals surface area contributed by atoms with Crippen LogP contribution in [-0.4, -0.2) is 17.6 Å². The topological polar surface area (TPSA) is 67.0 Å². The normalized spacial score (nSPS) is 11.5. The number of ether oxygens (including phenoxy) is 1. The highest BCUT2D eigenvalue weighted by atomic mass is 19.1. The third-order valence-electron chi connectivity index (χ3n) is 4.63. The van der Waals surface area contributed by atoms with Crippen molar-refractivity contribution in [2.75, 3.05) is 7.11 Å². The molecule has 1 atom stereocenters. The van der Waals surface area contributed by atoms with E-state index in [9.17, 15) is 14.4 Å². The van der Waals surface area contributed by atoms with Gasteiger partial charge in [-0.15, -0.1) is 0 Å². The van der Waals surface area contributed by atoms with Gasteiger partial charge in [0.05, 0.1) is 18.7 Å². The molecule has 1 unspecified atom stereocenters. The highest BCUT2D eigenvalue weighted by Gasteiger charge is 2.22. The van der Waals surface area contributed by atoms with Crippen molar-refractivity contribution in [2.24, 2.45) is 0 Å². The molecule has 1 heterocycles. The van der Waals surface area contributed by atoms with E-state index in [4.69, 9.17) is 4.74 Å². The van der Waals surface area contributed by atoms with Crippen molar-refractivity contribution in [1.29, 1.82) is 5.26 Å². The number of amides is 1. The molecule has 1 amide bonds. The molecular weight excluding hydrogens is 357 g/mol. The van der Waals surface area contributed by atoms with E-state index in [1.807, 2.05) is 48.7 Å². The zero-order valence-electron chi connectivity index (χ0n) is 15.9. The van der Waals surface area contributed by atoms with E-state index >= 15 is 0 Å². The Kier molecular flexibility index (Phi) is 5.46. The zero-order chi connectivity index (χ0) is 20.3. The lowest BCUT2D eigenvalue weighted by Gasteiger charge is -2.13. The fourth-order valence-electron chi connectivity index (χ4n) is 3.22. The average molecular weight is 377 g/mol. The maximum atomic E-state index is 14.0. The Morgan fingerprint density at radius 3 is 2.46 bits per heavy atom. The van der Waals surface area contributed by atoms with Gasteiger partial charge >= 0.3 is 0 Å². The number of aromatic nitrogens is 1. The fraction of sp³-hybridized carbons (Fsp3) is 0.182. The molecule has 0 radical (unpaired) electrons. The van der Waals surface area contributed by atoms with Crippen LogP contribution in [0.3, 0.4) is 0 Å². The second kappa shape index (κ2) is 7.97. The van der Waals surface area contributed by atoms with Crippen LogP contribution in [0.1, 0.15) is 33.4 Å². The molecule has 3 aromatic rings. The van der Waals surface area contributed by atoms with E-state index in [1.165, 1.54) is 18.2 Å². The van der Waals surface area contributed by atoms with Crippen LogP contribution in [0.25, 0.3) is 5.69 Å². The second-order valence-electron chi connectivity index (χ2n) is 6.38. The molecule has 0 spiro atoms. The smallest absolute Gasteiger partial charge is 0.254 e. The van der Waals surface area contributed by atoms with E-state index < -0.39 is 17.8 Å². The van der Waals surface area contributed by atoms with Gasteiger partial charge in [0, 0.05) is 22.6 Å². The monoisotopic (exact) mass is 377 g/mol. The minimum atomic E-state index is -1.07. The van der Waals surface area contributed by atoms with Gasteiger partial charge in [0.1, 0.15) is 17.6 Å². The number of carbonyl (C=O) groups excluding carboxylic acids is 1. The Hall–Kier alpha value is -3.59. The number of carbonyl (C=O) groups is 1. The largest absolute Gasteiger partial charge is 0.497 e. The SMILES string of the molecule is COc1ccc(-n2c(C)cc(C(=O)NC(C#N)c3ccccc3F)c2C)cc1. The van der Waals surface area contributed by atoms with Crippen LogP contribution < -0.4 is 10.1 Å². The van der Waals surface area contributed by atoms with Crippen LogP contribution in [0.5, 0.6) is 5.75 Å². The van der Waals surface area contributed by atoms with E-state index in [0.717, 1.165) is 22.8 Å². The third-order valence-corrected chi connectivity index (χ3v) is 4.63. The third kappa shape index (κ3) is 3.60. The van der Waals surface area contributed by atoms with Gasteiger partial charge in [-0.25, -0.2) is 4.39 Å². The second-order valence-corrected chi connectivity index (χ2v) is 6.38. The van der Waals surface area contributed by atoms with Gasteiger partial charge in [-0.2, -0.15) is 5.26 Å². The predicted octanol–water partition coefficient (Wildman–Crippen LogP) is 4.24. The number of hydrogen-bond donors (Lipinski definition) is 1. The molecule has 6 heteroatoms. The number of halogens is 1. The molecule has 0 aliphatic rings. The minimum absolute atomic E-state index is 0.141. The molecule has 0 fully saturated rings. The summed E-state index contributed by atoms with van der Waals surface area (Å²) in [6, 6.07) is 16.1. The molecule has 2 aromatic carbocycles. The van der Waals surface area contributed by atoms with Crippen LogP contribution in [0.2, 0.25) is 0 Å². The van der Waals surface area contributed by atoms with Gasteiger partial charge in [0.25, 0.3) is 5.91 Å². The summed E-state index contributed by atoms with van der Waals surface area (Å²) in [6.07, 6.45) is 0. The lowest BCUT2D eigenvalue weighted by molar-refractivity contribution is 0.0944. The Labute approximate surface area is 163 Å². The Balaban J connectivity index is 1.90. The highest BCUT2D eigenvalue weighted by Crippen LogP contribution is 2.24. The first-order valence-electron chi connectivity index (χ1n) is 8.74. The fourth-order valence-corrected chi connectivity index (χ4v) is 3.22. The van der Waals surface area contributed by atoms with Crippen LogP contribution in [0, 0.1) is 31.0 Å². The lowest BCUT2D eigenvalue weighted by atomic mass is 10.1. The molecule has 0 bridgehead atoms. The summed E-state index contributed by atoms with van der Waals surface area (Å²) < 4.78 is 21.1. The number of benzene rings is 2. The summed E-state index contributed by atoms with van der Waals surface area (Å²) in [5, 5.41) is 12.0. The standard InChI is InChI=1S/C22H20FN3O2/c1-14-12-19(15(2)26(14)16-8-10-17(28-3)11-9-16)22(27)25-21(13-24)18-6-4-5-7-20(18)23/h4-12,21H,1-3H3,(H,25,27). The number of nitrogens with zero attached hydrogens (tertiary/aromatic N) is 2. The average Bonchev–Trinajstić information content (AvgIpc) is 3.01. The van der Waals surface area contributed by atoms with E-state index in [-0.39, 0.29) is 5.56 Å². The number of rotatable bonds is 5. The summed E-state index contributed by atoms with van der Waals surface area (Å²) in [7, 11) is 1.60. The van der Waals surface area contributed by atoms with Crippen LogP contribution in [0.4, 0.5) is 4.39 Å². The van der Waals surface area contributed by atoms with Crippen molar-refractivity contribution in [3.05, 3.63) is 82.9 Å². The van der Waals surface area contributed by atoms with Crippen molar-refractivity contribution in [2.45, 2.75) is 19.9 Å². The van der Waals surface area contributed by atoms with E-state index in [0.29, 0.717) is 5.56 Å². The van der Waals surface area contributed by atoms with Gasteiger partial charge in [-0.3, -0.25) is 4.79 Å². The number of hydrogen-bond acceptors (Lipinski definition) is 3. The molecule has 142 valence electrons. The van der Waals surface area contributed by atoms with Gasteiger partial charge in [0.15, 0.2) is 0 Å². The maximum Gasteiger partial charge on any atom is 0.254 e. The van der Waals surface area contributed by atoms with E-state index in [2.05, 4.69) is 5.32 Å². The van der Waals surface area contributed by atoms with Gasteiger partial charge in [-0.05, 0) is 50.2 Å². The quantitative estimate of drug-likeness (QED) is 0.723. The lowest BCUT2D eigenvalue weighted by Crippen LogP contribution is -2.28. The molecule has 5 nitrogen and oxygen atoms in total. The molecule has 1 N–H and O–H groups in total. The van der Waals surface area contributed by atoms with Crippen molar-refractivity contribution in [1.82, 2.24) is 9.88 Å². The van der Waals surface area contributed by atoms with Crippen LogP contribution in [-0.2, 0) is 0 Å². The maximum absolute atomic E-state index is 14.0. The first-order chi connectivity index (χ1) is 13.5. The van der Waals surface area contributed by atoms with Gasteiger partial charge < -0.3 is 14.6 Å². The molecule has 0 aliphatic heterocycles. The van der Waals surface area contributed by atoms with Gasteiger partial charge in [0.2, 0.25) is 0 Å². The zero-order valence-corrected chi connectivity index (χ0v) is 15.9. The number of methoxy groups -OCH3 is 1. The van der Waals surface area contributed by atoms with Crippen molar-refractivity contribution in [3.8, 4) is 17.5 Å². The van der Waals surface area contributed by atoms with E-state index in [1.54, 1.807) is 19.2 Å². The molecule has 0 saturated carbocycles. The Bertz CT molecular complexity index is 1050. The first-order valence-corrected chi connectivity index (χ1v) is 8.74. The summed E-state index contributed by atoms with van der Waals surface area (Å²) in [4.78, 5) is 12.8. The summed E-state index contributed by atoms with van der Waals surface area (Å²) in [5.41, 5.74) is 3.06. The molecule has 1 aromatic heterocycles. The van der Waals surface area contributed by atoms with Crippen molar-refractivity contribution < 1.29 is 13.9 Å². The van der Waals surface area contributed by atoms with Crippen molar-refractivity contribution >= 4 is 5.91 Å². The summed E-state index contributed by atoms with van der Waals surface area (Å²) >= 11 is 0. The van der Waals surface area contributed by atoms with Crippen LogP contribution >= 0.6 is 0 Å². The molecule has 28 heavy (non-hydrogen) atoms. The van der Waals surface area contributed by atoms with Crippen molar-refractivity contribution in [3.63, 3.8) is 0 Å². The first kappa shape index (κ1) is 19.2. The van der Waals surface area contributed by atoms with Gasteiger partial charge in [-0.1, -0.05) is 18.2 Å². The number of nitrogens with one attached hydrogen (secondary N) is 1. The predicted molar refractivity (Wildman–Crippen MR) is 104 cm³/mol. The highest BCUT2D eigenvalue weighted by molar-refractivity contribution is 5.96. The molecule has 3 rings (SSSR count). The Morgan fingerprint density at radius 2 is 1.86 bits per heavy atom. The van der Waals surface area contributed by atoms with Crippen LogP contribution in [0.15, 0.2) is 54.6 Å². The molecule has 0 aliphatic carbocycles. The number of aryl methyl sites for hydroxylation is 1. The Morgan fingerprint density at radius 1 is 1.18 bits per heavy atom. The summed E-state index contributed by atoms with van der Waals surface area (Å²) in [6.45, 7) is 3.73. The molecule has 0 saturated heterocycles. The molecular formula is C22H20FN3O2. The minimum Gasteiger partial charge on any atom is -0.497 e.